The average molecular weight is 247 g/mol. The first-order chi connectivity index (χ1) is 6.81. The number of hydrogen-bond donors (Lipinski definition) is 1. The Balaban J connectivity index is -0.0000000394. The molecular weight excluding hydrogens is 212 g/mol. The summed E-state index contributed by atoms with van der Waals surface area (Å²) in [7, 11) is 0. The molecule has 0 atom stereocenters. The summed E-state index contributed by atoms with van der Waals surface area (Å²) in [5.41, 5.74) is 1.32. The molecule has 0 saturated heterocycles. The van der Waals surface area contributed by atoms with Crippen molar-refractivity contribution in [2.24, 2.45) is 0 Å². The number of benzene rings is 1. The van der Waals surface area contributed by atoms with E-state index in [0.717, 1.165) is 5.75 Å². The van der Waals surface area contributed by atoms with Crippen LogP contribution in [0.3, 0.4) is 0 Å². The first-order valence-corrected chi connectivity index (χ1v) is 6.07. The van der Waals surface area contributed by atoms with E-state index in [2.05, 4.69) is 31.7 Å². The molecule has 1 aromatic rings. The highest BCUT2D eigenvalue weighted by Crippen LogP contribution is 1.92. The van der Waals surface area contributed by atoms with Gasteiger partial charge in [0, 0.05) is 0 Å². The van der Waals surface area contributed by atoms with Crippen molar-refractivity contribution in [3.8, 4) is 0 Å². The zero-order chi connectivity index (χ0) is 11.8. The third-order valence-electron chi connectivity index (χ3n) is 0.940. The van der Waals surface area contributed by atoms with E-state index < -0.39 is 0 Å². The topological polar surface area (TPSA) is 0 Å². The van der Waals surface area contributed by atoms with Gasteiger partial charge in [0.15, 0.2) is 0 Å². The Morgan fingerprint density at radius 3 is 1.25 bits per heavy atom. The molecule has 0 fully saturated rings. The molecule has 0 aliphatic heterocycles. The summed E-state index contributed by atoms with van der Waals surface area (Å²) in [5, 5.41) is 0. The van der Waals surface area contributed by atoms with Gasteiger partial charge in [0.25, 0.3) is 0 Å². The van der Waals surface area contributed by atoms with Crippen LogP contribution in [-0.2, 0) is 0 Å². The molecular formula is C15H34S. The van der Waals surface area contributed by atoms with E-state index in [-0.39, 0.29) is 14.9 Å². The smallest absolute Gasteiger partial charge is 0.0126 e. The van der Waals surface area contributed by atoms with E-state index in [4.69, 9.17) is 0 Å². The minimum atomic E-state index is 0. The Morgan fingerprint density at radius 1 is 0.875 bits per heavy atom. The molecule has 1 aromatic carbocycles. The van der Waals surface area contributed by atoms with Gasteiger partial charge in [-0.1, -0.05) is 85.4 Å². The van der Waals surface area contributed by atoms with E-state index in [0.29, 0.717) is 0 Å². The molecule has 0 saturated carbocycles. The molecule has 0 nitrogen and oxygen atoms in total. The van der Waals surface area contributed by atoms with E-state index in [1.54, 1.807) is 0 Å². The molecule has 16 heavy (non-hydrogen) atoms. The van der Waals surface area contributed by atoms with Crippen molar-refractivity contribution in [2.45, 2.75) is 56.4 Å². The van der Waals surface area contributed by atoms with Crippen molar-refractivity contribution in [3.05, 3.63) is 35.9 Å². The fraction of sp³-hybridized carbons (Fsp3) is 0.600. The molecule has 100 valence electrons. The van der Waals surface area contributed by atoms with Crippen molar-refractivity contribution >= 4 is 12.6 Å². The summed E-state index contributed by atoms with van der Waals surface area (Å²) in [6.07, 6.45) is 0. The second-order valence-electron chi connectivity index (χ2n) is 1.97. The van der Waals surface area contributed by atoms with Gasteiger partial charge in [-0.05, 0) is 12.7 Å². The van der Waals surface area contributed by atoms with Crippen LogP contribution in [0.4, 0.5) is 0 Å². The lowest BCUT2D eigenvalue weighted by molar-refractivity contribution is 1.48. The fourth-order valence-electron chi connectivity index (χ4n) is 0.534. The third kappa shape index (κ3) is 37.4. The molecule has 0 radical (unpaired) electrons. The Bertz CT molecular complexity index is 147. The maximum Gasteiger partial charge on any atom is -0.0126 e. The Morgan fingerprint density at radius 2 is 1.12 bits per heavy atom. The summed E-state index contributed by atoms with van der Waals surface area (Å²) in [6.45, 7) is 12.1. The zero-order valence-corrected chi connectivity index (χ0v) is 11.4. The van der Waals surface area contributed by atoms with Crippen LogP contribution in [0.1, 0.15) is 55.0 Å². The van der Waals surface area contributed by atoms with Crippen molar-refractivity contribution in [1.29, 1.82) is 0 Å². The summed E-state index contributed by atoms with van der Waals surface area (Å²) in [5.74, 6) is 0.944. The van der Waals surface area contributed by atoms with Crippen molar-refractivity contribution in [2.75, 3.05) is 5.75 Å². The monoisotopic (exact) mass is 246 g/mol. The van der Waals surface area contributed by atoms with Crippen LogP contribution in [0.5, 0.6) is 0 Å². The number of aryl methyl sites for hydroxylation is 1. The molecule has 0 aliphatic carbocycles. The number of thiol groups is 1. The normalized spacial score (nSPS) is 5.69. The molecule has 0 spiro atoms. The van der Waals surface area contributed by atoms with Crippen molar-refractivity contribution < 1.29 is 0 Å². The maximum atomic E-state index is 3.79. The van der Waals surface area contributed by atoms with Crippen molar-refractivity contribution in [3.63, 3.8) is 0 Å². The van der Waals surface area contributed by atoms with Crippen LogP contribution >= 0.6 is 12.6 Å². The summed E-state index contributed by atoms with van der Waals surface area (Å²) in [4.78, 5) is 0. The van der Waals surface area contributed by atoms with Crippen LogP contribution < -0.4 is 0 Å². The Kier molecular flexibility index (Phi) is 67.5. The standard InChI is InChI=1S/C7H8.C2H6S.2C2H6.2CH4/c1-7-5-3-2-4-6-7;1-2-3;2*1-2;;/h2-6H,1H3;3H,2H2,1H3;2*1-2H3;2*1H4. The molecule has 0 heterocycles. The van der Waals surface area contributed by atoms with Crippen LogP contribution in [0.15, 0.2) is 30.3 Å². The molecule has 0 amide bonds. The lowest BCUT2D eigenvalue weighted by Crippen LogP contribution is -1.62. The lowest BCUT2D eigenvalue weighted by atomic mass is 10.2. The highest BCUT2D eigenvalue weighted by Gasteiger charge is 1.72. The number of rotatable bonds is 0. The maximum absolute atomic E-state index is 3.79. The molecule has 0 bridgehead atoms. The molecule has 0 aromatic heterocycles. The molecule has 0 N–H and O–H groups in total. The van der Waals surface area contributed by atoms with Gasteiger partial charge >= 0.3 is 0 Å². The van der Waals surface area contributed by atoms with Gasteiger partial charge in [-0.3, -0.25) is 0 Å². The highest BCUT2D eigenvalue weighted by molar-refractivity contribution is 7.80. The second-order valence-corrected chi connectivity index (χ2v) is 2.60. The van der Waals surface area contributed by atoms with Crippen molar-refractivity contribution in [1.82, 2.24) is 0 Å². The quantitative estimate of drug-likeness (QED) is 0.513. The highest BCUT2D eigenvalue weighted by atomic mass is 32.1. The molecule has 0 aliphatic rings. The second kappa shape index (κ2) is 36.5. The molecule has 0 unspecified atom stereocenters. The fourth-order valence-corrected chi connectivity index (χ4v) is 0.534. The van der Waals surface area contributed by atoms with Crippen LogP contribution in [-0.4, -0.2) is 5.75 Å². The first-order valence-electron chi connectivity index (χ1n) is 5.43. The van der Waals surface area contributed by atoms with E-state index in [9.17, 15) is 0 Å². The predicted octanol–water partition coefficient (Wildman–Crippen LogP) is 6.26. The number of hydrogen-bond acceptors (Lipinski definition) is 1. The van der Waals surface area contributed by atoms with Gasteiger partial charge < -0.3 is 0 Å². The van der Waals surface area contributed by atoms with Gasteiger partial charge in [-0.25, -0.2) is 0 Å². The van der Waals surface area contributed by atoms with Crippen LogP contribution in [0.25, 0.3) is 0 Å². The van der Waals surface area contributed by atoms with E-state index >= 15 is 0 Å². The van der Waals surface area contributed by atoms with Gasteiger partial charge in [0.05, 0.1) is 0 Å². The SMILES string of the molecule is C.C.CC.CC.CCS.Cc1ccccc1. The van der Waals surface area contributed by atoms with Crippen LogP contribution in [0.2, 0.25) is 0 Å². The van der Waals surface area contributed by atoms with Gasteiger partial charge in [-0.15, -0.1) is 0 Å². The summed E-state index contributed by atoms with van der Waals surface area (Å²) in [6, 6.07) is 10.3. The molecule has 1 rings (SSSR count). The predicted molar refractivity (Wildman–Crippen MR) is 86.9 cm³/mol. The summed E-state index contributed by atoms with van der Waals surface area (Å²) >= 11 is 3.79. The largest absolute Gasteiger partial charge is 0.180 e. The average Bonchev–Trinajstić information content (AvgIpc) is 2.26. The Labute approximate surface area is 111 Å². The Hall–Kier alpha value is -0.430. The van der Waals surface area contributed by atoms with E-state index in [1.807, 2.05) is 52.8 Å². The first kappa shape index (κ1) is 29.6. The van der Waals surface area contributed by atoms with Gasteiger partial charge in [0.2, 0.25) is 0 Å². The minimum absolute atomic E-state index is 0. The van der Waals surface area contributed by atoms with E-state index in [1.165, 1.54) is 5.56 Å². The van der Waals surface area contributed by atoms with Gasteiger partial charge in [-0.2, -0.15) is 12.6 Å². The minimum Gasteiger partial charge on any atom is -0.180 e. The van der Waals surface area contributed by atoms with Gasteiger partial charge in [0.1, 0.15) is 0 Å². The third-order valence-corrected chi connectivity index (χ3v) is 0.940. The molecule has 1 heteroatoms. The lowest BCUT2D eigenvalue weighted by Gasteiger charge is -1.82. The summed E-state index contributed by atoms with van der Waals surface area (Å²) < 4.78 is 0. The zero-order valence-electron chi connectivity index (χ0n) is 10.5. The van der Waals surface area contributed by atoms with Crippen LogP contribution in [0, 0.1) is 6.92 Å².